The number of rotatable bonds is 3. The van der Waals surface area contributed by atoms with Gasteiger partial charge in [-0.1, -0.05) is 0 Å². The molecule has 1 aliphatic rings. The fourth-order valence-electron chi connectivity index (χ4n) is 2.20. The first kappa shape index (κ1) is 17.6. The summed E-state index contributed by atoms with van der Waals surface area (Å²) in [5, 5.41) is 1.12. The van der Waals surface area contributed by atoms with Crippen LogP contribution in [0.25, 0.3) is 0 Å². The minimum atomic E-state index is 0. The number of aromatic nitrogens is 1. The summed E-state index contributed by atoms with van der Waals surface area (Å²) in [4.78, 5) is 12.3. The molecule has 20 heavy (non-hydrogen) atoms. The third kappa shape index (κ3) is 4.85. The molecule has 1 unspecified atom stereocenters. The van der Waals surface area contributed by atoms with E-state index >= 15 is 0 Å². The normalized spacial score (nSPS) is 19.9. The summed E-state index contributed by atoms with van der Waals surface area (Å²) in [5.74, 6) is 0.633. The molecule has 1 aromatic rings. The summed E-state index contributed by atoms with van der Waals surface area (Å²) in [6, 6.07) is 0. The monoisotopic (exact) mass is 410 g/mol. The standard InChI is InChI=1S/C13H22N4OS.HI/c1-9-8-17(6-7-18-9)13(14)15-5-4-12-10(2)16-11(3)19-12;/h9H,4-8H2,1-3H3,(H2,14,15);1H. The van der Waals surface area contributed by atoms with Crippen LogP contribution in [0.4, 0.5) is 0 Å². The maximum Gasteiger partial charge on any atom is 0.191 e. The van der Waals surface area contributed by atoms with Gasteiger partial charge in [-0.3, -0.25) is 4.99 Å². The lowest BCUT2D eigenvalue weighted by Crippen LogP contribution is -2.47. The molecule has 0 radical (unpaired) electrons. The van der Waals surface area contributed by atoms with E-state index in [9.17, 15) is 0 Å². The third-order valence-electron chi connectivity index (χ3n) is 3.18. The Morgan fingerprint density at radius 3 is 2.90 bits per heavy atom. The van der Waals surface area contributed by atoms with E-state index in [1.165, 1.54) is 4.88 Å². The molecule has 2 N–H and O–H groups in total. The molecule has 1 fully saturated rings. The van der Waals surface area contributed by atoms with Gasteiger partial charge < -0.3 is 15.4 Å². The highest BCUT2D eigenvalue weighted by molar-refractivity contribution is 14.0. The van der Waals surface area contributed by atoms with Gasteiger partial charge in [-0.05, 0) is 20.8 Å². The van der Waals surface area contributed by atoms with Crippen molar-refractivity contribution >= 4 is 41.3 Å². The molecule has 114 valence electrons. The van der Waals surface area contributed by atoms with E-state index in [-0.39, 0.29) is 30.1 Å². The second-order valence-corrected chi connectivity index (χ2v) is 6.15. The molecule has 5 nitrogen and oxygen atoms in total. The molecule has 2 rings (SSSR count). The Labute approximate surface area is 141 Å². The van der Waals surface area contributed by atoms with Crippen molar-refractivity contribution in [3.8, 4) is 0 Å². The Kier molecular flexibility index (Phi) is 7.18. The number of morpholine rings is 1. The highest BCUT2D eigenvalue weighted by Gasteiger charge is 2.17. The first-order valence-electron chi connectivity index (χ1n) is 6.65. The van der Waals surface area contributed by atoms with E-state index in [0.29, 0.717) is 5.96 Å². The van der Waals surface area contributed by atoms with E-state index in [2.05, 4.69) is 28.7 Å². The van der Waals surface area contributed by atoms with Crippen molar-refractivity contribution < 1.29 is 4.74 Å². The fraction of sp³-hybridized carbons (Fsp3) is 0.692. The molecule has 0 aromatic carbocycles. The number of nitrogens with zero attached hydrogens (tertiary/aromatic N) is 3. The molecule has 0 bridgehead atoms. The lowest BCUT2D eigenvalue weighted by atomic mass is 10.3. The number of aliphatic imine (C=N–C) groups is 1. The van der Waals surface area contributed by atoms with Crippen molar-refractivity contribution in [2.24, 2.45) is 10.7 Å². The molecular weight excluding hydrogens is 387 g/mol. The largest absolute Gasteiger partial charge is 0.375 e. The zero-order chi connectivity index (χ0) is 13.8. The van der Waals surface area contributed by atoms with Gasteiger partial charge in [0.05, 0.1) is 23.4 Å². The first-order chi connectivity index (χ1) is 9.06. The Hall–Kier alpha value is -0.410. The van der Waals surface area contributed by atoms with Gasteiger partial charge in [0.25, 0.3) is 0 Å². The highest BCUT2D eigenvalue weighted by atomic mass is 127. The van der Waals surface area contributed by atoms with Crippen LogP contribution in [0.5, 0.6) is 0 Å². The maximum atomic E-state index is 6.03. The molecule has 1 aliphatic heterocycles. The van der Waals surface area contributed by atoms with Crippen LogP contribution in [0, 0.1) is 13.8 Å². The molecule has 1 saturated heterocycles. The van der Waals surface area contributed by atoms with Crippen molar-refractivity contribution in [2.75, 3.05) is 26.2 Å². The second kappa shape index (κ2) is 8.14. The summed E-state index contributed by atoms with van der Waals surface area (Å²) < 4.78 is 5.49. The van der Waals surface area contributed by atoms with Crippen LogP contribution >= 0.6 is 35.3 Å². The van der Waals surface area contributed by atoms with Crippen molar-refractivity contribution in [3.63, 3.8) is 0 Å². The molecule has 1 atom stereocenters. The lowest BCUT2D eigenvalue weighted by Gasteiger charge is -2.31. The minimum absolute atomic E-state index is 0. The molecule has 0 spiro atoms. The predicted octanol–water partition coefficient (Wildman–Crippen LogP) is 1.96. The molecule has 7 heteroatoms. The maximum absolute atomic E-state index is 6.03. The summed E-state index contributed by atoms with van der Waals surface area (Å²) in [7, 11) is 0. The topological polar surface area (TPSA) is 63.7 Å². The number of thiazole rings is 1. The Morgan fingerprint density at radius 2 is 2.30 bits per heavy atom. The fourth-order valence-corrected chi connectivity index (χ4v) is 3.13. The van der Waals surface area contributed by atoms with Gasteiger partial charge >= 0.3 is 0 Å². The van der Waals surface area contributed by atoms with Gasteiger partial charge in [0.2, 0.25) is 0 Å². The van der Waals surface area contributed by atoms with Gasteiger partial charge in [0, 0.05) is 30.9 Å². The van der Waals surface area contributed by atoms with Gasteiger partial charge in [0.1, 0.15) is 0 Å². The minimum Gasteiger partial charge on any atom is -0.375 e. The lowest BCUT2D eigenvalue weighted by molar-refractivity contribution is 0.00530. The molecule has 2 heterocycles. The molecule has 1 aromatic heterocycles. The van der Waals surface area contributed by atoms with Crippen molar-refractivity contribution in [1.82, 2.24) is 9.88 Å². The van der Waals surface area contributed by atoms with E-state index in [0.717, 1.165) is 43.4 Å². The van der Waals surface area contributed by atoms with Gasteiger partial charge in [-0.25, -0.2) is 4.98 Å². The number of guanidine groups is 1. The number of hydrogen-bond acceptors (Lipinski definition) is 4. The molecule has 0 amide bonds. The van der Waals surface area contributed by atoms with Crippen LogP contribution in [-0.4, -0.2) is 48.2 Å². The first-order valence-corrected chi connectivity index (χ1v) is 7.47. The van der Waals surface area contributed by atoms with Crippen LogP contribution in [0.15, 0.2) is 4.99 Å². The zero-order valence-electron chi connectivity index (χ0n) is 12.3. The average Bonchev–Trinajstić information content (AvgIpc) is 2.68. The summed E-state index contributed by atoms with van der Waals surface area (Å²) in [5.41, 5.74) is 7.15. The third-order valence-corrected chi connectivity index (χ3v) is 4.31. The molecule has 0 saturated carbocycles. The van der Waals surface area contributed by atoms with Gasteiger partial charge in [-0.15, -0.1) is 35.3 Å². The summed E-state index contributed by atoms with van der Waals surface area (Å²) >= 11 is 1.75. The van der Waals surface area contributed by atoms with E-state index in [1.807, 2.05) is 6.92 Å². The van der Waals surface area contributed by atoms with Crippen LogP contribution in [0.2, 0.25) is 0 Å². The summed E-state index contributed by atoms with van der Waals surface area (Å²) in [6.07, 6.45) is 1.15. The SMILES string of the molecule is Cc1nc(C)c(CCN=C(N)N2CCOC(C)C2)s1.I. The smallest absolute Gasteiger partial charge is 0.191 e. The van der Waals surface area contributed by atoms with Crippen LogP contribution < -0.4 is 5.73 Å². The van der Waals surface area contributed by atoms with E-state index in [1.54, 1.807) is 11.3 Å². The Bertz CT molecular complexity index is 463. The highest BCUT2D eigenvalue weighted by Crippen LogP contribution is 2.17. The number of nitrogens with two attached hydrogens (primary N) is 1. The van der Waals surface area contributed by atoms with E-state index in [4.69, 9.17) is 10.5 Å². The van der Waals surface area contributed by atoms with Gasteiger partial charge in [-0.2, -0.15) is 0 Å². The Morgan fingerprint density at radius 1 is 1.55 bits per heavy atom. The number of ether oxygens (including phenoxy) is 1. The van der Waals surface area contributed by atoms with Crippen LogP contribution in [0.1, 0.15) is 22.5 Å². The summed E-state index contributed by atoms with van der Waals surface area (Å²) in [6.45, 7) is 9.25. The van der Waals surface area contributed by atoms with Crippen LogP contribution in [-0.2, 0) is 11.2 Å². The van der Waals surface area contributed by atoms with Crippen molar-refractivity contribution in [3.05, 3.63) is 15.6 Å². The quantitative estimate of drug-likeness (QED) is 0.470. The van der Waals surface area contributed by atoms with Gasteiger partial charge in [0.15, 0.2) is 5.96 Å². The number of halogens is 1. The number of aryl methyl sites for hydroxylation is 2. The van der Waals surface area contributed by atoms with Crippen LogP contribution in [0.3, 0.4) is 0 Å². The van der Waals surface area contributed by atoms with Crippen molar-refractivity contribution in [2.45, 2.75) is 33.3 Å². The molecular formula is C13H23IN4OS. The number of hydrogen-bond donors (Lipinski definition) is 1. The van der Waals surface area contributed by atoms with Crippen molar-refractivity contribution in [1.29, 1.82) is 0 Å². The van der Waals surface area contributed by atoms with E-state index < -0.39 is 0 Å². The molecule has 0 aliphatic carbocycles. The Balaban J connectivity index is 0.00000200. The average molecular weight is 410 g/mol. The zero-order valence-corrected chi connectivity index (χ0v) is 15.4. The predicted molar refractivity (Wildman–Crippen MR) is 94.2 cm³/mol. The second-order valence-electron chi connectivity index (χ2n) is 4.86.